The van der Waals surface area contributed by atoms with Gasteiger partial charge in [0.15, 0.2) is 0 Å². The molecule has 0 atom stereocenters. The van der Waals surface area contributed by atoms with Gasteiger partial charge in [-0.05, 0) is 42.8 Å². The molecule has 0 aliphatic heterocycles. The van der Waals surface area contributed by atoms with E-state index in [1.54, 1.807) is 22.7 Å². The maximum Gasteiger partial charge on any atom is 0.124 e. The molecule has 3 nitrogen and oxygen atoms in total. The molecular weight excluding hydrogens is 348 g/mol. The number of hydrogen-bond acceptors (Lipinski definition) is 5. The first-order chi connectivity index (χ1) is 11.2. The standard InChI is InChI=1S/C17H17ClN2OS2/c1-20(7-8-21-16-4-2-14(18)3-5-16)10-15-12-23-17(19-15)13-6-9-22-11-13/h2-6,9,11-12H,7-8,10H2,1H3. The van der Waals surface area contributed by atoms with Gasteiger partial charge in [-0.15, -0.1) is 11.3 Å². The summed E-state index contributed by atoms with van der Waals surface area (Å²) < 4.78 is 5.72. The van der Waals surface area contributed by atoms with Crippen LogP contribution in [0.15, 0.2) is 46.5 Å². The van der Waals surface area contributed by atoms with Crippen molar-refractivity contribution in [3.05, 3.63) is 57.2 Å². The number of rotatable bonds is 7. The highest BCUT2D eigenvalue weighted by molar-refractivity contribution is 7.14. The van der Waals surface area contributed by atoms with E-state index in [-0.39, 0.29) is 0 Å². The Bertz CT molecular complexity index is 725. The van der Waals surface area contributed by atoms with Gasteiger partial charge in [-0.25, -0.2) is 4.98 Å². The largest absolute Gasteiger partial charge is 0.492 e. The van der Waals surface area contributed by atoms with Crippen LogP contribution in [0.2, 0.25) is 5.02 Å². The highest BCUT2D eigenvalue weighted by Crippen LogP contribution is 2.26. The molecule has 3 rings (SSSR count). The Hall–Kier alpha value is -1.40. The second kappa shape index (κ2) is 7.93. The Kier molecular flexibility index (Phi) is 5.67. The Balaban J connectivity index is 1.46. The van der Waals surface area contributed by atoms with Crippen LogP contribution in [0.25, 0.3) is 10.6 Å². The quantitative estimate of drug-likeness (QED) is 0.587. The lowest BCUT2D eigenvalue weighted by Crippen LogP contribution is -2.24. The fourth-order valence-corrected chi connectivity index (χ4v) is 3.75. The fraction of sp³-hybridized carbons (Fsp3) is 0.235. The van der Waals surface area contributed by atoms with E-state index in [0.717, 1.165) is 34.6 Å². The van der Waals surface area contributed by atoms with Crippen LogP contribution in [0.5, 0.6) is 5.75 Å². The summed E-state index contributed by atoms with van der Waals surface area (Å²) in [4.78, 5) is 6.91. The summed E-state index contributed by atoms with van der Waals surface area (Å²) in [6, 6.07) is 9.55. The minimum atomic E-state index is 0.639. The van der Waals surface area contributed by atoms with Crippen molar-refractivity contribution >= 4 is 34.3 Å². The molecule has 3 aromatic rings. The van der Waals surface area contributed by atoms with Crippen molar-refractivity contribution in [2.45, 2.75) is 6.54 Å². The number of aromatic nitrogens is 1. The lowest BCUT2D eigenvalue weighted by atomic mass is 10.3. The van der Waals surface area contributed by atoms with E-state index < -0.39 is 0 Å². The van der Waals surface area contributed by atoms with Crippen LogP contribution in [0.3, 0.4) is 0 Å². The first-order valence-electron chi connectivity index (χ1n) is 7.24. The molecule has 2 heterocycles. The minimum Gasteiger partial charge on any atom is -0.492 e. The summed E-state index contributed by atoms with van der Waals surface area (Å²) in [5.74, 6) is 0.844. The molecule has 23 heavy (non-hydrogen) atoms. The van der Waals surface area contributed by atoms with E-state index in [1.165, 1.54) is 5.56 Å². The van der Waals surface area contributed by atoms with Gasteiger partial charge < -0.3 is 4.74 Å². The smallest absolute Gasteiger partial charge is 0.124 e. The number of benzene rings is 1. The predicted molar refractivity (Wildman–Crippen MR) is 98.7 cm³/mol. The van der Waals surface area contributed by atoms with Crippen LogP contribution >= 0.6 is 34.3 Å². The van der Waals surface area contributed by atoms with Crippen molar-refractivity contribution < 1.29 is 4.74 Å². The topological polar surface area (TPSA) is 25.4 Å². The van der Waals surface area contributed by atoms with E-state index in [4.69, 9.17) is 21.3 Å². The van der Waals surface area contributed by atoms with E-state index in [1.807, 2.05) is 24.3 Å². The molecule has 0 aliphatic rings. The van der Waals surface area contributed by atoms with Crippen LogP contribution < -0.4 is 4.74 Å². The summed E-state index contributed by atoms with van der Waals surface area (Å²) in [5.41, 5.74) is 2.31. The van der Waals surface area contributed by atoms with Crippen molar-refractivity contribution in [2.24, 2.45) is 0 Å². The van der Waals surface area contributed by atoms with Crippen molar-refractivity contribution in [2.75, 3.05) is 20.2 Å². The van der Waals surface area contributed by atoms with Gasteiger partial charge in [0.25, 0.3) is 0 Å². The summed E-state index contributed by atoms with van der Waals surface area (Å²) in [5, 5.41) is 8.15. The monoisotopic (exact) mass is 364 g/mol. The van der Waals surface area contributed by atoms with E-state index in [9.17, 15) is 0 Å². The Morgan fingerprint density at radius 3 is 2.74 bits per heavy atom. The van der Waals surface area contributed by atoms with E-state index in [2.05, 4.69) is 34.2 Å². The van der Waals surface area contributed by atoms with Crippen LogP contribution in [0, 0.1) is 0 Å². The highest BCUT2D eigenvalue weighted by Gasteiger charge is 2.07. The predicted octanol–water partition coefficient (Wildman–Crippen LogP) is 5.04. The van der Waals surface area contributed by atoms with Crippen LogP contribution in [0.4, 0.5) is 0 Å². The van der Waals surface area contributed by atoms with Gasteiger partial charge in [-0.2, -0.15) is 11.3 Å². The van der Waals surface area contributed by atoms with Crippen molar-refractivity contribution in [1.29, 1.82) is 0 Å². The van der Waals surface area contributed by atoms with Gasteiger partial charge in [0.05, 0.1) is 5.69 Å². The molecule has 2 aromatic heterocycles. The van der Waals surface area contributed by atoms with Gasteiger partial charge in [0.2, 0.25) is 0 Å². The summed E-state index contributed by atoms with van der Waals surface area (Å²) in [6.07, 6.45) is 0. The molecule has 0 spiro atoms. The zero-order valence-electron chi connectivity index (χ0n) is 12.7. The second-order valence-electron chi connectivity index (χ2n) is 5.20. The first-order valence-corrected chi connectivity index (χ1v) is 9.44. The molecule has 0 bridgehead atoms. The van der Waals surface area contributed by atoms with Gasteiger partial charge in [0, 0.05) is 34.4 Å². The molecule has 6 heteroatoms. The summed E-state index contributed by atoms with van der Waals surface area (Å²) in [6.45, 7) is 2.30. The number of nitrogens with zero attached hydrogens (tertiary/aromatic N) is 2. The average Bonchev–Trinajstić information content (AvgIpc) is 3.20. The molecule has 0 saturated carbocycles. The molecular formula is C17H17ClN2OS2. The number of thiophene rings is 1. The molecule has 0 N–H and O–H groups in total. The van der Waals surface area contributed by atoms with Gasteiger partial charge in [-0.1, -0.05) is 11.6 Å². The van der Waals surface area contributed by atoms with E-state index in [0.29, 0.717) is 6.61 Å². The van der Waals surface area contributed by atoms with Gasteiger partial charge in [-0.3, -0.25) is 4.90 Å². The fourth-order valence-electron chi connectivity index (χ4n) is 2.10. The average molecular weight is 365 g/mol. The van der Waals surface area contributed by atoms with Gasteiger partial charge in [0.1, 0.15) is 17.4 Å². The van der Waals surface area contributed by atoms with E-state index >= 15 is 0 Å². The van der Waals surface area contributed by atoms with Crippen LogP contribution in [-0.4, -0.2) is 30.1 Å². The number of halogens is 1. The second-order valence-corrected chi connectivity index (χ2v) is 7.27. The third-order valence-corrected chi connectivity index (χ3v) is 5.18. The summed E-state index contributed by atoms with van der Waals surface area (Å²) >= 11 is 9.25. The zero-order valence-corrected chi connectivity index (χ0v) is 15.1. The van der Waals surface area contributed by atoms with Crippen LogP contribution in [-0.2, 0) is 6.54 Å². The molecule has 0 amide bonds. The molecule has 0 fully saturated rings. The minimum absolute atomic E-state index is 0.639. The SMILES string of the molecule is CN(CCOc1ccc(Cl)cc1)Cc1csc(-c2ccsc2)n1. The molecule has 0 saturated heterocycles. The summed E-state index contributed by atoms with van der Waals surface area (Å²) in [7, 11) is 2.08. The molecule has 1 aromatic carbocycles. The van der Waals surface area contributed by atoms with Crippen molar-refractivity contribution in [3.63, 3.8) is 0 Å². The maximum atomic E-state index is 5.86. The molecule has 0 aliphatic carbocycles. The molecule has 0 unspecified atom stereocenters. The maximum absolute atomic E-state index is 5.86. The molecule has 120 valence electrons. The van der Waals surface area contributed by atoms with Crippen molar-refractivity contribution in [1.82, 2.24) is 9.88 Å². The number of thiazole rings is 1. The lowest BCUT2D eigenvalue weighted by molar-refractivity contribution is 0.231. The third kappa shape index (κ3) is 4.78. The zero-order chi connectivity index (χ0) is 16.1. The Morgan fingerprint density at radius 1 is 1.17 bits per heavy atom. The number of hydrogen-bond donors (Lipinski definition) is 0. The van der Waals surface area contributed by atoms with Gasteiger partial charge >= 0.3 is 0 Å². The first kappa shape index (κ1) is 16.5. The van der Waals surface area contributed by atoms with Crippen molar-refractivity contribution in [3.8, 4) is 16.3 Å². The highest BCUT2D eigenvalue weighted by atomic mass is 35.5. The molecule has 0 radical (unpaired) electrons. The Morgan fingerprint density at radius 2 is 2.00 bits per heavy atom. The number of likely N-dealkylation sites (N-methyl/N-ethyl adjacent to an activating group) is 1. The van der Waals surface area contributed by atoms with Crippen LogP contribution in [0.1, 0.15) is 5.69 Å². The lowest BCUT2D eigenvalue weighted by Gasteiger charge is -2.15. The normalized spacial score (nSPS) is 11.1. The third-order valence-electron chi connectivity index (χ3n) is 3.31. The number of ether oxygens (including phenoxy) is 1. The Labute approximate surface area is 149 Å².